The van der Waals surface area contributed by atoms with Gasteiger partial charge in [-0.25, -0.2) is 4.39 Å². The average molecular weight is 241 g/mol. The van der Waals surface area contributed by atoms with E-state index >= 15 is 0 Å². The summed E-state index contributed by atoms with van der Waals surface area (Å²) in [5.41, 5.74) is 6.14. The summed E-state index contributed by atoms with van der Waals surface area (Å²) < 4.78 is 18.8. The fraction of sp³-hybridized carbons (Fsp3) is 0.417. The molecule has 0 aliphatic carbocycles. The molecule has 0 aliphatic rings. The number of methoxy groups -OCH3 is 1. The van der Waals surface area contributed by atoms with Gasteiger partial charge in [-0.1, -0.05) is 6.92 Å². The predicted molar refractivity (Wildman–Crippen MR) is 61.8 cm³/mol. The molecule has 1 rings (SSSR count). The van der Waals surface area contributed by atoms with Crippen LogP contribution >= 0.6 is 0 Å². The molecule has 0 saturated carbocycles. The molecule has 0 amide bonds. The van der Waals surface area contributed by atoms with Gasteiger partial charge in [-0.3, -0.25) is 4.79 Å². The number of carbonyl (C=O) groups is 1. The van der Waals surface area contributed by atoms with Crippen molar-refractivity contribution in [3.8, 4) is 5.75 Å². The van der Waals surface area contributed by atoms with E-state index in [0.29, 0.717) is 23.3 Å². The lowest BCUT2D eigenvalue weighted by Gasteiger charge is -2.14. The Hall–Kier alpha value is -1.62. The topological polar surface area (TPSA) is 72.6 Å². The van der Waals surface area contributed by atoms with Crippen LogP contribution in [0.15, 0.2) is 12.1 Å². The molecule has 1 unspecified atom stereocenters. The molecule has 3 N–H and O–H groups in total. The third kappa shape index (κ3) is 2.74. The highest BCUT2D eigenvalue weighted by Gasteiger charge is 2.21. The molecule has 4 nitrogen and oxygen atoms in total. The first kappa shape index (κ1) is 13.4. The summed E-state index contributed by atoms with van der Waals surface area (Å²) in [5, 5.41) is 8.96. The summed E-state index contributed by atoms with van der Waals surface area (Å²) in [6, 6.07) is 2.75. The van der Waals surface area contributed by atoms with Gasteiger partial charge in [0.1, 0.15) is 11.6 Å². The van der Waals surface area contributed by atoms with Crippen LogP contribution in [0.3, 0.4) is 0 Å². The summed E-state index contributed by atoms with van der Waals surface area (Å²) >= 11 is 0. The number of ether oxygens (including phenoxy) is 1. The standard InChI is InChI=1S/C12H16FNO3/c1-3-8-10(13)4-7(5-11(8)17-2)9(6-14)12(15)16/h4-5,9H,3,6,14H2,1-2H3,(H,15,16). The number of rotatable bonds is 5. The van der Waals surface area contributed by atoms with E-state index in [4.69, 9.17) is 15.6 Å². The van der Waals surface area contributed by atoms with Gasteiger partial charge in [0.25, 0.3) is 0 Å². The molecule has 0 aromatic heterocycles. The Balaban J connectivity index is 3.27. The molecule has 5 heteroatoms. The molecule has 1 atom stereocenters. The molecule has 0 saturated heterocycles. The molecule has 0 radical (unpaired) electrons. The van der Waals surface area contributed by atoms with E-state index in [9.17, 15) is 9.18 Å². The lowest BCUT2D eigenvalue weighted by Crippen LogP contribution is -2.21. The van der Waals surface area contributed by atoms with Crippen LogP contribution in [-0.4, -0.2) is 24.7 Å². The smallest absolute Gasteiger partial charge is 0.312 e. The van der Waals surface area contributed by atoms with E-state index in [-0.39, 0.29) is 6.54 Å². The van der Waals surface area contributed by atoms with Crippen LogP contribution in [0.25, 0.3) is 0 Å². The van der Waals surface area contributed by atoms with E-state index in [1.165, 1.54) is 19.2 Å². The maximum absolute atomic E-state index is 13.7. The van der Waals surface area contributed by atoms with E-state index in [0.717, 1.165) is 0 Å². The molecule has 94 valence electrons. The molecule has 0 bridgehead atoms. The molecule has 1 aromatic rings. The van der Waals surface area contributed by atoms with Crippen molar-refractivity contribution in [2.45, 2.75) is 19.3 Å². The number of hydrogen-bond donors (Lipinski definition) is 2. The maximum atomic E-state index is 13.7. The van der Waals surface area contributed by atoms with Crippen LogP contribution in [0.4, 0.5) is 4.39 Å². The van der Waals surface area contributed by atoms with Crippen molar-refractivity contribution in [1.29, 1.82) is 0 Å². The van der Waals surface area contributed by atoms with Crippen LogP contribution in [-0.2, 0) is 11.2 Å². The third-order valence-corrected chi connectivity index (χ3v) is 2.69. The Bertz CT molecular complexity index is 420. The first-order valence-corrected chi connectivity index (χ1v) is 5.34. The second kappa shape index (κ2) is 5.63. The minimum absolute atomic E-state index is 0.0800. The lowest BCUT2D eigenvalue weighted by atomic mass is 9.96. The monoisotopic (exact) mass is 241 g/mol. The Morgan fingerprint density at radius 3 is 2.65 bits per heavy atom. The Morgan fingerprint density at radius 1 is 1.59 bits per heavy atom. The molecule has 1 aromatic carbocycles. The first-order chi connectivity index (χ1) is 8.04. The summed E-state index contributed by atoms with van der Waals surface area (Å²) in [6.45, 7) is 1.72. The zero-order chi connectivity index (χ0) is 13.0. The average Bonchev–Trinajstić information content (AvgIpc) is 2.28. The predicted octanol–water partition coefficient (Wildman–Crippen LogP) is 1.52. The number of halogens is 1. The van der Waals surface area contributed by atoms with Gasteiger partial charge in [0.15, 0.2) is 0 Å². The molecule has 0 fully saturated rings. The quantitative estimate of drug-likeness (QED) is 0.819. The number of nitrogens with two attached hydrogens (primary N) is 1. The van der Waals surface area contributed by atoms with Gasteiger partial charge >= 0.3 is 5.97 Å². The summed E-state index contributed by atoms with van der Waals surface area (Å²) in [7, 11) is 1.43. The van der Waals surface area contributed by atoms with Crippen LogP contribution in [0.2, 0.25) is 0 Å². The lowest BCUT2D eigenvalue weighted by molar-refractivity contribution is -0.138. The van der Waals surface area contributed by atoms with Crippen LogP contribution in [0.1, 0.15) is 24.0 Å². The molecule has 17 heavy (non-hydrogen) atoms. The van der Waals surface area contributed by atoms with E-state index in [1.54, 1.807) is 6.92 Å². The summed E-state index contributed by atoms with van der Waals surface area (Å²) in [4.78, 5) is 11.0. The van der Waals surface area contributed by atoms with Crippen molar-refractivity contribution in [1.82, 2.24) is 0 Å². The highest BCUT2D eigenvalue weighted by molar-refractivity contribution is 5.76. The van der Waals surface area contributed by atoms with Crippen molar-refractivity contribution >= 4 is 5.97 Å². The molecule has 0 spiro atoms. The number of benzene rings is 1. The number of aliphatic carboxylic acids is 1. The maximum Gasteiger partial charge on any atom is 0.312 e. The normalized spacial score (nSPS) is 12.2. The van der Waals surface area contributed by atoms with Crippen molar-refractivity contribution in [3.05, 3.63) is 29.1 Å². The third-order valence-electron chi connectivity index (χ3n) is 2.69. The second-order valence-corrected chi connectivity index (χ2v) is 3.66. The Kier molecular flexibility index (Phi) is 4.45. The fourth-order valence-electron chi connectivity index (χ4n) is 1.74. The van der Waals surface area contributed by atoms with Gasteiger partial charge in [-0.2, -0.15) is 0 Å². The van der Waals surface area contributed by atoms with Crippen molar-refractivity contribution in [2.24, 2.45) is 5.73 Å². The highest BCUT2D eigenvalue weighted by atomic mass is 19.1. The van der Waals surface area contributed by atoms with Gasteiger partial charge in [0.05, 0.1) is 13.0 Å². The minimum atomic E-state index is -1.07. The zero-order valence-corrected chi connectivity index (χ0v) is 9.87. The molecule has 0 heterocycles. The largest absolute Gasteiger partial charge is 0.496 e. The van der Waals surface area contributed by atoms with Crippen molar-refractivity contribution in [3.63, 3.8) is 0 Å². The highest BCUT2D eigenvalue weighted by Crippen LogP contribution is 2.28. The van der Waals surface area contributed by atoms with Gasteiger partial charge in [-0.05, 0) is 24.1 Å². The van der Waals surface area contributed by atoms with Crippen LogP contribution < -0.4 is 10.5 Å². The van der Waals surface area contributed by atoms with Crippen molar-refractivity contribution in [2.75, 3.05) is 13.7 Å². The van der Waals surface area contributed by atoms with E-state index in [2.05, 4.69) is 0 Å². The van der Waals surface area contributed by atoms with E-state index < -0.39 is 17.7 Å². The minimum Gasteiger partial charge on any atom is -0.496 e. The van der Waals surface area contributed by atoms with Gasteiger partial charge in [-0.15, -0.1) is 0 Å². The molecular formula is C12H16FNO3. The van der Waals surface area contributed by atoms with Gasteiger partial charge in [0.2, 0.25) is 0 Å². The first-order valence-electron chi connectivity index (χ1n) is 5.34. The molecule has 0 aliphatic heterocycles. The summed E-state index contributed by atoms with van der Waals surface area (Å²) in [6.07, 6.45) is 0.482. The fourth-order valence-corrected chi connectivity index (χ4v) is 1.74. The second-order valence-electron chi connectivity index (χ2n) is 3.66. The van der Waals surface area contributed by atoms with Crippen LogP contribution in [0.5, 0.6) is 5.75 Å². The zero-order valence-electron chi connectivity index (χ0n) is 9.87. The number of hydrogen-bond acceptors (Lipinski definition) is 3. The van der Waals surface area contributed by atoms with Crippen LogP contribution in [0, 0.1) is 5.82 Å². The summed E-state index contributed by atoms with van der Waals surface area (Å²) in [5.74, 6) is -2.08. The van der Waals surface area contributed by atoms with Gasteiger partial charge < -0.3 is 15.6 Å². The SMILES string of the molecule is CCc1c(F)cc(C(CN)C(=O)O)cc1OC. The Morgan fingerprint density at radius 2 is 2.24 bits per heavy atom. The Labute approximate surface area is 99.2 Å². The molecular weight excluding hydrogens is 225 g/mol. The van der Waals surface area contributed by atoms with E-state index in [1.807, 2.05) is 0 Å². The van der Waals surface area contributed by atoms with Gasteiger partial charge in [0, 0.05) is 12.1 Å². The number of carboxylic acids is 1. The van der Waals surface area contributed by atoms with Crippen molar-refractivity contribution < 1.29 is 19.0 Å². The number of carboxylic acid groups (broad SMARTS) is 1.